The zero-order chi connectivity index (χ0) is 16.7. The molecule has 0 saturated carbocycles. The van der Waals surface area contributed by atoms with Crippen LogP contribution in [-0.4, -0.2) is 22.1 Å². The molecule has 2 rings (SSSR count). The van der Waals surface area contributed by atoms with Crippen molar-refractivity contribution in [2.45, 2.75) is 13.0 Å². The van der Waals surface area contributed by atoms with Crippen LogP contribution in [0.2, 0.25) is 5.02 Å². The van der Waals surface area contributed by atoms with E-state index in [9.17, 15) is 8.42 Å². The Hall–Kier alpha value is -1.60. The van der Waals surface area contributed by atoms with Gasteiger partial charge in [0.2, 0.25) is 0 Å². The normalized spacial score (nSPS) is 11.4. The topological polar surface area (TPSA) is 67.4 Å². The minimum Gasteiger partial charge on any atom is -0.496 e. The molecule has 0 aliphatic carbocycles. The zero-order valence-corrected chi connectivity index (χ0v) is 14.3. The summed E-state index contributed by atoms with van der Waals surface area (Å²) in [6, 6.07) is 14.6. The monoisotopic (exact) mass is 354 g/mol. The predicted octanol–water partition coefficient (Wildman–Crippen LogP) is 2.52. The van der Waals surface area contributed by atoms with Gasteiger partial charge in [-0.05, 0) is 24.1 Å². The van der Waals surface area contributed by atoms with E-state index >= 15 is 0 Å². The van der Waals surface area contributed by atoms with Crippen LogP contribution >= 0.6 is 11.6 Å². The third kappa shape index (κ3) is 5.51. The Kier molecular flexibility index (Phi) is 6.41. The van der Waals surface area contributed by atoms with Crippen molar-refractivity contribution in [1.29, 1.82) is 0 Å². The first-order valence-electron chi connectivity index (χ1n) is 7.11. The Morgan fingerprint density at radius 1 is 1.00 bits per heavy atom. The molecule has 7 heteroatoms. The largest absolute Gasteiger partial charge is 0.496 e. The lowest BCUT2D eigenvalue weighted by Gasteiger charge is -2.11. The first kappa shape index (κ1) is 17.7. The van der Waals surface area contributed by atoms with Gasteiger partial charge in [-0.3, -0.25) is 0 Å². The van der Waals surface area contributed by atoms with Crippen LogP contribution in [0.5, 0.6) is 5.75 Å². The van der Waals surface area contributed by atoms with Crippen molar-refractivity contribution in [2.24, 2.45) is 0 Å². The van der Waals surface area contributed by atoms with Crippen molar-refractivity contribution in [3.05, 3.63) is 64.7 Å². The molecular formula is C16H19ClN2O3S. The molecule has 0 aliphatic rings. The van der Waals surface area contributed by atoms with Gasteiger partial charge in [-0.2, -0.15) is 13.1 Å². The van der Waals surface area contributed by atoms with Crippen molar-refractivity contribution in [3.63, 3.8) is 0 Å². The third-order valence-electron chi connectivity index (χ3n) is 3.29. The minimum atomic E-state index is -3.59. The Balaban J connectivity index is 1.86. The van der Waals surface area contributed by atoms with Gasteiger partial charge in [0.05, 0.1) is 7.11 Å². The molecule has 2 N–H and O–H groups in total. The van der Waals surface area contributed by atoms with Crippen LogP contribution in [0, 0.1) is 0 Å². The highest BCUT2D eigenvalue weighted by atomic mass is 35.5. The van der Waals surface area contributed by atoms with Crippen LogP contribution < -0.4 is 14.2 Å². The van der Waals surface area contributed by atoms with Gasteiger partial charge in [-0.25, -0.2) is 4.72 Å². The van der Waals surface area contributed by atoms with Crippen molar-refractivity contribution >= 4 is 21.8 Å². The molecule has 0 fully saturated rings. The summed E-state index contributed by atoms with van der Waals surface area (Å²) in [6.45, 7) is 0.427. The first-order valence-corrected chi connectivity index (χ1v) is 8.97. The molecule has 2 aromatic rings. The lowest BCUT2D eigenvalue weighted by atomic mass is 10.1. The summed E-state index contributed by atoms with van der Waals surface area (Å²) in [5.41, 5.74) is 1.67. The average Bonchev–Trinajstić information content (AvgIpc) is 2.55. The van der Waals surface area contributed by atoms with Gasteiger partial charge < -0.3 is 4.74 Å². The van der Waals surface area contributed by atoms with E-state index < -0.39 is 10.2 Å². The summed E-state index contributed by atoms with van der Waals surface area (Å²) in [7, 11) is -2.04. The van der Waals surface area contributed by atoms with E-state index in [0.717, 1.165) is 11.1 Å². The fourth-order valence-corrected chi connectivity index (χ4v) is 3.14. The number of halogens is 1. The van der Waals surface area contributed by atoms with E-state index in [0.29, 0.717) is 17.2 Å². The number of rotatable bonds is 8. The van der Waals surface area contributed by atoms with Crippen molar-refractivity contribution in [3.8, 4) is 5.75 Å². The number of hydrogen-bond donors (Lipinski definition) is 2. The van der Waals surface area contributed by atoms with Gasteiger partial charge in [0, 0.05) is 23.7 Å². The first-order chi connectivity index (χ1) is 11.0. The maximum Gasteiger partial charge on any atom is 0.277 e. The molecule has 2 aromatic carbocycles. The molecule has 0 aromatic heterocycles. The molecule has 0 atom stereocenters. The lowest BCUT2D eigenvalue weighted by molar-refractivity contribution is 0.409. The third-order valence-corrected chi connectivity index (χ3v) is 4.77. The average molecular weight is 355 g/mol. The zero-order valence-electron chi connectivity index (χ0n) is 12.8. The number of nitrogens with one attached hydrogen (secondary N) is 2. The second-order valence-electron chi connectivity index (χ2n) is 4.87. The smallest absolute Gasteiger partial charge is 0.277 e. The lowest BCUT2D eigenvalue weighted by Crippen LogP contribution is -2.37. The number of hydrogen-bond acceptors (Lipinski definition) is 3. The summed E-state index contributed by atoms with van der Waals surface area (Å²) in [4.78, 5) is 0. The van der Waals surface area contributed by atoms with Crippen LogP contribution in [0.25, 0.3) is 0 Å². The molecule has 0 saturated heterocycles. The molecule has 23 heavy (non-hydrogen) atoms. The second-order valence-corrected chi connectivity index (χ2v) is 6.86. The van der Waals surface area contributed by atoms with E-state index in [-0.39, 0.29) is 13.1 Å². The fraction of sp³-hybridized carbons (Fsp3) is 0.250. The van der Waals surface area contributed by atoms with E-state index in [1.54, 1.807) is 19.2 Å². The Morgan fingerprint density at radius 2 is 1.65 bits per heavy atom. The van der Waals surface area contributed by atoms with Crippen molar-refractivity contribution in [1.82, 2.24) is 9.44 Å². The molecule has 124 valence electrons. The molecule has 5 nitrogen and oxygen atoms in total. The molecule has 0 radical (unpaired) electrons. The number of methoxy groups -OCH3 is 1. The number of benzene rings is 2. The number of para-hydroxylation sites is 1. The van der Waals surface area contributed by atoms with E-state index in [2.05, 4.69) is 9.44 Å². The summed E-state index contributed by atoms with van der Waals surface area (Å²) in [6.07, 6.45) is 0.523. The van der Waals surface area contributed by atoms with Crippen LogP contribution in [0.4, 0.5) is 0 Å². The van der Waals surface area contributed by atoms with Gasteiger partial charge in [-0.15, -0.1) is 0 Å². The van der Waals surface area contributed by atoms with Crippen LogP contribution in [0.3, 0.4) is 0 Å². The molecule has 0 amide bonds. The van der Waals surface area contributed by atoms with E-state index in [1.165, 1.54) is 0 Å². The molecule has 0 bridgehead atoms. The number of ether oxygens (including phenoxy) is 1. The molecule has 0 unspecified atom stereocenters. The summed E-state index contributed by atoms with van der Waals surface area (Å²) in [5.74, 6) is 0.645. The highest BCUT2D eigenvalue weighted by Gasteiger charge is 2.11. The SMILES string of the molecule is COc1ccccc1CNS(=O)(=O)NCCc1ccccc1Cl. The van der Waals surface area contributed by atoms with E-state index in [4.69, 9.17) is 16.3 Å². The van der Waals surface area contributed by atoms with Gasteiger partial charge in [-0.1, -0.05) is 48.0 Å². The molecule has 0 aliphatic heterocycles. The Morgan fingerprint density at radius 3 is 2.35 bits per heavy atom. The predicted molar refractivity (Wildman–Crippen MR) is 91.9 cm³/mol. The maximum atomic E-state index is 12.0. The highest BCUT2D eigenvalue weighted by molar-refractivity contribution is 7.87. The summed E-state index contributed by atoms with van der Waals surface area (Å²) in [5, 5.41) is 0.633. The standard InChI is InChI=1S/C16H19ClN2O3S/c1-22-16-9-5-3-7-14(16)12-19-23(20,21)18-11-10-13-6-2-4-8-15(13)17/h2-9,18-19H,10-12H2,1H3. The van der Waals surface area contributed by atoms with Crippen LogP contribution in [-0.2, 0) is 23.2 Å². The van der Waals surface area contributed by atoms with E-state index in [1.807, 2.05) is 36.4 Å². The molecular weight excluding hydrogens is 336 g/mol. The Bertz CT molecular complexity index is 750. The van der Waals surface area contributed by atoms with Crippen molar-refractivity contribution in [2.75, 3.05) is 13.7 Å². The second kappa shape index (κ2) is 8.31. The van der Waals surface area contributed by atoms with Gasteiger partial charge in [0.15, 0.2) is 0 Å². The van der Waals surface area contributed by atoms with Gasteiger partial charge in [0.25, 0.3) is 10.2 Å². The summed E-state index contributed by atoms with van der Waals surface area (Å²) < 4.78 is 34.2. The summed E-state index contributed by atoms with van der Waals surface area (Å²) >= 11 is 6.04. The quantitative estimate of drug-likeness (QED) is 0.765. The van der Waals surface area contributed by atoms with Crippen LogP contribution in [0.1, 0.15) is 11.1 Å². The van der Waals surface area contributed by atoms with Gasteiger partial charge >= 0.3 is 0 Å². The highest BCUT2D eigenvalue weighted by Crippen LogP contribution is 2.17. The van der Waals surface area contributed by atoms with Crippen molar-refractivity contribution < 1.29 is 13.2 Å². The molecule has 0 heterocycles. The Labute approximate surface area is 141 Å². The maximum absolute atomic E-state index is 12.0. The van der Waals surface area contributed by atoms with Crippen LogP contribution in [0.15, 0.2) is 48.5 Å². The minimum absolute atomic E-state index is 0.158. The molecule has 0 spiro atoms. The fourth-order valence-electron chi connectivity index (χ4n) is 2.09. The van der Waals surface area contributed by atoms with Gasteiger partial charge in [0.1, 0.15) is 5.75 Å².